The molecule has 1 aromatic rings. The van der Waals surface area contributed by atoms with Gasteiger partial charge in [-0.3, -0.25) is 4.79 Å². The lowest BCUT2D eigenvalue weighted by Gasteiger charge is -2.13. The predicted octanol–water partition coefficient (Wildman–Crippen LogP) is 2.12. The third-order valence-electron chi connectivity index (χ3n) is 2.55. The number of allylic oxidation sites excluding steroid dienone is 3. The number of rotatable bonds is 3. The van der Waals surface area contributed by atoms with Gasteiger partial charge >= 0.3 is 0 Å². The highest BCUT2D eigenvalue weighted by molar-refractivity contribution is 7.80. The van der Waals surface area contributed by atoms with E-state index in [1.165, 1.54) is 0 Å². The van der Waals surface area contributed by atoms with Gasteiger partial charge in [-0.05, 0) is 49.3 Å². The highest BCUT2D eigenvalue weighted by Crippen LogP contribution is 2.11. The Balaban J connectivity index is 1.98. The first kappa shape index (κ1) is 13.3. The molecule has 1 aliphatic rings. The zero-order chi connectivity index (χ0) is 13.7. The van der Waals surface area contributed by atoms with Crippen molar-refractivity contribution >= 4 is 28.9 Å². The molecule has 2 rings (SSSR count). The highest BCUT2D eigenvalue weighted by Gasteiger charge is 2.04. The van der Waals surface area contributed by atoms with Gasteiger partial charge < -0.3 is 16.4 Å². The lowest BCUT2D eigenvalue weighted by molar-refractivity contribution is 0.100. The van der Waals surface area contributed by atoms with Crippen LogP contribution in [-0.4, -0.2) is 11.0 Å². The first-order valence-corrected chi connectivity index (χ1v) is 6.24. The first-order chi connectivity index (χ1) is 9.15. The van der Waals surface area contributed by atoms with Gasteiger partial charge in [0.05, 0.1) is 0 Å². The molecule has 0 spiro atoms. The van der Waals surface area contributed by atoms with E-state index in [0.717, 1.165) is 17.8 Å². The molecule has 0 unspecified atom stereocenters. The van der Waals surface area contributed by atoms with Crippen molar-refractivity contribution in [2.24, 2.45) is 5.73 Å². The molecule has 1 amide bonds. The predicted molar refractivity (Wildman–Crippen MR) is 80.5 cm³/mol. The van der Waals surface area contributed by atoms with Gasteiger partial charge in [0.1, 0.15) is 0 Å². The van der Waals surface area contributed by atoms with E-state index < -0.39 is 5.91 Å². The van der Waals surface area contributed by atoms with Crippen molar-refractivity contribution < 1.29 is 4.79 Å². The zero-order valence-electron chi connectivity index (χ0n) is 10.2. The SMILES string of the molecule is NC(=O)c1cccc(NC(=S)NC2=CC[CH]C=C2)c1. The number of hydrogen-bond acceptors (Lipinski definition) is 2. The molecule has 97 valence electrons. The molecule has 0 fully saturated rings. The van der Waals surface area contributed by atoms with E-state index in [-0.39, 0.29) is 0 Å². The second-order valence-electron chi connectivity index (χ2n) is 4.01. The van der Waals surface area contributed by atoms with Crippen molar-refractivity contribution in [2.75, 3.05) is 5.32 Å². The van der Waals surface area contributed by atoms with Crippen LogP contribution < -0.4 is 16.4 Å². The van der Waals surface area contributed by atoms with E-state index in [4.69, 9.17) is 18.0 Å². The summed E-state index contributed by atoms with van der Waals surface area (Å²) in [5, 5.41) is 6.56. The molecule has 4 nitrogen and oxygen atoms in total. The van der Waals surface area contributed by atoms with E-state index in [2.05, 4.69) is 17.1 Å². The quantitative estimate of drug-likeness (QED) is 0.737. The van der Waals surface area contributed by atoms with Gasteiger partial charge in [0.2, 0.25) is 5.91 Å². The van der Waals surface area contributed by atoms with Gasteiger partial charge in [-0.25, -0.2) is 0 Å². The van der Waals surface area contributed by atoms with E-state index in [0.29, 0.717) is 10.7 Å². The molecule has 4 N–H and O–H groups in total. The summed E-state index contributed by atoms with van der Waals surface area (Å²) in [5.41, 5.74) is 7.34. The third kappa shape index (κ3) is 3.93. The molecule has 0 saturated heterocycles. The number of carbonyl (C=O) groups excluding carboxylic acids is 1. The van der Waals surface area contributed by atoms with E-state index >= 15 is 0 Å². The van der Waals surface area contributed by atoms with Gasteiger partial charge in [0.25, 0.3) is 0 Å². The summed E-state index contributed by atoms with van der Waals surface area (Å²) in [5.74, 6) is -0.462. The standard InChI is InChI=1S/C14H14N3OS/c15-13(18)10-5-4-8-12(9-10)17-14(19)16-11-6-2-1-3-7-11/h1-2,4-9H,3H2,(H2,15,18)(H2,16,17,19). The summed E-state index contributed by atoms with van der Waals surface area (Å²) in [6.07, 6.45) is 8.89. The third-order valence-corrected chi connectivity index (χ3v) is 2.75. The van der Waals surface area contributed by atoms with Gasteiger partial charge in [0.15, 0.2) is 5.11 Å². The van der Waals surface area contributed by atoms with E-state index in [1.807, 2.05) is 24.3 Å². The Bertz CT molecular complexity index is 564. The Morgan fingerprint density at radius 3 is 2.84 bits per heavy atom. The molecule has 19 heavy (non-hydrogen) atoms. The summed E-state index contributed by atoms with van der Waals surface area (Å²) < 4.78 is 0. The zero-order valence-corrected chi connectivity index (χ0v) is 11.0. The number of nitrogens with two attached hydrogens (primary N) is 1. The Morgan fingerprint density at radius 2 is 2.16 bits per heavy atom. The van der Waals surface area contributed by atoms with Crippen molar-refractivity contribution in [3.05, 3.63) is 60.2 Å². The van der Waals surface area contributed by atoms with E-state index in [1.54, 1.807) is 18.2 Å². The second kappa shape index (κ2) is 6.15. The van der Waals surface area contributed by atoms with Crippen molar-refractivity contribution in [3.8, 4) is 0 Å². The molecule has 1 radical (unpaired) electrons. The Labute approximate surface area is 117 Å². The molecule has 0 aromatic heterocycles. The average Bonchev–Trinajstić information content (AvgIpc) is 2.40. The number of nitrogens with one attached hydrogen (secondary N) is 2. The number of benzene rings is 1. The molecule has 0 aliphatic heterocycles. The molecule has 1 aliphatic carbocycles. The van der Waals surface area contributed by atoms with Gasteiger partial charge in [-0.1, -0.05) is 18.2 Å². The van der Waals surface area contributed by atoms with Gasteiger partial charge in [-0.2, -0.15) is 0 Å². The molecule has 0 saturated carbocycles. The minimum Gasteiger partial charge on any atom is -0.366 e. The molecular formula is C14H14N3OS. The Morgan fingerprint density at radius 1 is 1.32 bits per heavy atom. The largest absolute Gasteiger partial charge is 0.366 e. The van der Waals surface area contributed by atoms with Crippen LogP contribution in [0, 0.1) is 6.42 Å². The average molecular weight is 272 g/mol. The monoisotopic (exact) mass is 272 g/mol. The summed E-state index contributed by atoms with van der Waals surface area (Å²) in [4.78, 5) is 11.1. The van der Waals surface area contributed by atoms with Crippen molar-refractivity contribution in [2.45, 2.75) is 6.42 Å². The van der Waals surface area contributed by atoms with Crippen LogP contribution in [0.3, 0.4) is 0 Å². The molecular weight excluding hydrogens is 258 g/mol. The van der Waals surface area contributed by atoms with Crippen LogP contribution in [0.1, 0.15) is 16.8 Å². The van der Waals surface area contributed by atoms with Crippen LogP contribution in [0.25, 0.3) is 0 Å². The fraction of sp³-hybridized carbons (Fsp3) is 0.0714. The number of primary amides is 1. The maximum Gasteiger partial charge on any atom is 0.248 e. The summed E-state index contributed by atoms with van der Waals surface area (Å²) in [6.45, 7) is 0. The normalized spacial score (nSPS) is 13.6. The molecule has 1 aromatic carbocycles. The van der Waals surface area contributed by atoms with Crippen molar-refractivity contribution in [1.82, 2.24) is 5.32 Å². The number of thiocarbonyl (C=S) groups is 1. The number of hydrogen-bond donors (Lipinski definition) is 3. The second-order valence-corrected chi connectivity index (χ2v) is 4.42. The maximum absolute atomic E-state index is 11.1. The number of amides is 1. The summed E-state index contributed by atoms with van der Waals surface area (Å²) >= 11 is 5.20. The van der Waals surface area contributed by atoms with Crippen LogP contribution >= 0.6 is 12.2 Å². The molecule has 0 atom stereocenters. The number of anilines is 1. The molecule has 5 heteroatoms. The van der Waals surface area contributed by atoms with Gasteiger partial charge in [-0.15, -0.1) is 0 Å². The minimum atomic E-state index is -0.462. The Hall–Kier alpha value is -2.14. The van der Waals surface area contributed by atoms with E-state index in [9.17, 15) is 4.79 Å². The lowest BCUT2D eigenvalue weighted by atomic mass is 10.1. The van der Waals surface area contributed by atoms with Gasteiger partial charge in [0, 0.05) is 16.9 Å². The van der Waals surface area contributed by atoms with Crippen molar-refractivity contribution in [1.29, 1.82) is 0 Å². The van der Waals surface area contributed by atoms with Crippen LogP contribution in [0.4, 0.5) is 5.69 Å². The number of carbonyl (C=O) groups is 1. The van der Waals surface area contributed by atoms with Crippen molar-refractivity contribution in [3.63, 3.8) is 0 Å². The van der Waals surface area contributed by atoms with Crippen LogP contribution in [0.15, 0.2) is 48.2 Å². The first-order valence-electron chi connectivity index (χ1n) is 5.83. The minimum absolute atomic E-state index is 0.444. The molecule has 0 heterocycles. The maximum atomic E-state index is 11.1. The topological polar surface area (TPSA) is 67.2 Å². The Kier molecular flexibility index (Phi) is 4.30. The lowest BCUT2D eigenvalue weighted by Crippen LogP contribution is -2.27. The van der Waals surface area contributed by atoms with Crippen LogP contribution in [0.5, 0.6) is 0 Å². The van der Waals surface area contributed by atoms with Crippen LogP contribution in [-0.2, 0) is 0 Å². The fourth-order valence-electron chi connectivity index (χ4n) is 1.65. The smallest absolute Gasteiger partial charge is 0.248 e. The highest BCUT2D eigenvalue weighted by atomic mass is 32.1. The van der Waals surface area contributed by atoms with Crippen LogP contribution in [0.2, 0.25) is 0 Å². The summed E-state index contributed by atoms with van der Waals surface area (Å²) in [6, 6.07) is 6.89. The summed E-state index contributed by atoms with van der Waals surface area (Å²) in [7, 11) is 0. The fourth-order valence-corrected chi connectivity index (χ4v) is 1.89. The molecule has 0 bridgehead atoms.